The van der Waals surface area contributed by atoms with Crippen molar-refractivity contribution in [3.63, 3.8) is 0 Å². The fourth-order valence-electron chi connectivity index (χ4n) is 1.57. The first-order chi connectivity index (χ1) is 11.4. The van der Waals surface area contributed by atoms with E-state index in [9.17, 15) is 0 Å². The lowest BCUT2D eigenvalue weighted by Crippen LogP contribution is -2.41. The summed E-state index contributed by atoms with van der Waals surface area (Å²) in [6.45, 7) is 1.20. The van der Waals surface area contributed by atoms with E-state index in [2.05, 4.69) is 0 Å². The highest BCUT2D eigenvalue weighted by Crippen LogP contribution is 2.36. The van der Waals surface area contributed by atoms with Crippen molar-refractivity contribution in [2.75, 3.05) is 0 Å². The van der Waals surface area contributed by atoms with Gasteiger partial charge in [0.1, 0.15) is 0 Å². The minimum Gasteiger partial charge on any atom is -0.399 e. The van der Waals surface area contributed by atoms with Crippen LogP contribution in [0.4, 0.5) is 0 Å². The first-order valence-corrected chi connectivity index (χ1v) is 5.42. The summed E-state index contributed by atoms with van der Waals surface area (Å²) in [5.74, 6) is 0. The zero-order chi connectivity index (χ0) is 20.5. The summed E-state index contributed by atoms with van der Waals surface area (Å²) in [6, 6.07) is -2.07. The summed E-state index contributed by atoms with van der Waals surface area (Å²) in [4.78, 5) is 0. The Kier molecular flexibility index (Phi) is 1.24. The molecule has 0 aromatic heterocycles. The highest BCUT2D eigenvalue weighted by molar-refractivity contribution is 6.62. The van der Waals surface area contributed by atoms with Crippen LogP contribution in [-0.2, 0) is 9.31 Å². The van der Waals surface area contributed by atoms with Crippen molar-refractivity contribution in [3.05, 3.63) is 29.3 Å². The van der Waals surface area contributed by atoms with Crippen molar-refractivity contribution in [2.45, 2.75) is 52.6 Å². The van der Waals surface area contributed by atoms with Gasteiger partial charge in [-0.1, -0.05) is 29.3 Å². The van der Waals surface area contributed by atoms with Crippen LogP contribution in [0.2, 0.25) is 0 Å². The van der Waals surface area contributed by atoms with Gasteiger partial charge in [0.25, 0.3) is 0 Å². The lowest BCUT2D eigenvalue weighted by Gasteiger charge is -2.32. The highest BCUT2D eigenvalue weighted by atomic mass is 16.7. The summed E-state index contributed by atoms with van der Waals surface area (Å²) in [7, 11) is -1.28. The second kappa shape index (κ2) is 3.86. The smallest absolute Gasteiger partial charge is 0.399 e. The van der Waals surface area contributed by atoms with E-state index >= 15 is 0 Å². The van der Waals surface area contributed by atoms with Gasteiger partial charge in [0, 0.05) is 8.22 Å². The molecule has 1 aliphatic rings. The van der Waals surface area contributed by atoms with Crippen molar-refractivity contribution in [2.24, 2.45) is 0 Å². The fraction of sp³-hybridized carbons (Fsp3) is 0.571. The Balaban J connectivity index is 2.83. The maximum atomic E-state index is 8.27. The van der Waals surface area contributed by atoms with E-state index in [0.717, 1.165) is 0 Å². The first kappa shape index (κ1) is 5.46. The normalized spacial score (nSPS) is 31.1. The highest BCUT2D eigenvalue weighted by Gasteiger charge is 2.51. The quantitative estimate of drug-likeness (QED) is 0.703. The molecular formula is C14H21BO2. The Hall–Kier alpha value is -0.795. The summed E-state index contributed by atoms with van der Waals surface area (Å²) >= 11 is 0. The van der Waals surface area contributed by atoms with Crippen molar-refractivity contribution >= 4 is 12.6 Å². The minimum absolute atomic E-state index is 0.281. The third-order valence-electron chi connectivity index (χ3n) is 3.26. The average Bonchev–Trinajstić information content (AvgIpc) is 2.53. The summed E-state index contributed by atoms with van der Waals surface area (Å²) in [5, 5.41) is 0. The molecule has 1 aromatic rings. The SMILES string of the molecule is [2H]c1c(B2OC(C)(C)C(C)(C)O2)c([2H])c(C([2H])([2H])[2H])c([2H])c1C([2H])([2H])[2H]. The summed E-state index contributed by atoms with van der Waals surface area (Å²) in [5.41, 5.74) is -3.36. The molecule has 0 amide bonds. The molecule has 1 aliphatic heterocycles. The van der Waals surface area contributed by atoms with Gasteiger partial charge in [-0.3, -0.25) is 0 Å². The lowest BCUT2D eigenvalue weighted by atomic mass is 9.77. The van der Waals surface area contributed by atoms with Crippen LogP contribution in [0.3, 0.4) is 0 Å². The average molecular weight is 241 g/mol. The number of hydrogen-bond acceptors (Lipinski definition) is 2. The Morgan fingerprint density at radius 1 is 1.00 bits per heavy atom. The van der Waals surface area contributed by atoms with Crippen LogP contribution in [-0.4, -0.2) is 18.3 Å². The predicted octanol–water partition coefficient (Wildman–Crippen LogP) is 2.60. The molecule has 0 atom stereocenters. The van der Waals surface area contributed by atoms with Gasteiger partial charge in [-0.2, -0.15) is 0 Å². The van der Waals surface area contributed by atoms with E-state index in [1.807, 2.05) is 0 Å². The molecule has 0 radical (unpaired) electrons. The number of hydrogen-bond donors (Lipinski definition) is 0. The molecule has 1 aromatic carbocycles. The Labute approximate surface area is 117 Å². The van der Waals surface area contributed by atoms with E-state index in [-0.39, 0.29) is 5.46 Å². The third-order valence-corrected chi connectivity index (χ3v) is 3.26. The molecule has 0 aliphatic carbocycles. The van der Waals surface area contributed by atoms with E-state index < -0.39 is 61.3 Å². The molecule has 1 saturated heterocycles. The minimum atomic E-state index is -2.89. The van der Waals surface area contributed by atoms with Crippen molar-refractivity contribution in [1.29, 1.82) is 0 Å². The maximum Gasteiger partial charge on any atom is 0.494 e. The van der Waals surface area contributed by atoms with Gasteiger partial charge in [-0.25, -0.2) is 0 Å². The molecule has 2 rings (SSSR count). The molecule has 0 bridgehead atoms. The van der Waals surface area contributed by atoms with Gasteiger partial charge in [-0.05, 0) is 46.9 Å². The largest absolute Gasteiger partial charge is 0.494 e. The molecule has 2 nitrogen and oxygen atoms in total. The second-order valence-electron chi connectivity index (χ2n) is 5.13. The molecular weight excluding hydrogens is 211 g/mol. The monoisotopic (exact) mass is 241 g/mol. The van der Waals surface area contributed by atoms with Gasteiger partial charge in [0.15, 0.2) is 0 Å². The summed E-state index contributed by atoms with van der Waals surface area (Å²) in [6.07, 6.45) is 0. The van der Waals surface area contributed by atoms with Crippen LogP contribution < -0.4 is 5.46 Å². The van der Waals surface area contributed by atoms with E-state index in [1.54, 1.807) is 27.7 Å². The molecule has 1 heterocycles. The van der Waals surface area contributed by atoms with Crippen molar-refractivity contribution < 1.29 is 21.6 Å². The Morgan fingerprint density at radius 2 is 1.47 bits per heavy atom. The van der Waals surface area contributed by atoms with Gasteiger partial charge in [0.05, 0.1) is 15.3 Å². The fourth-order valence-corrected chi connectivity index (χ4v) is 1.57. The van der Waals surface area contributed by atoms with Crippen LogP contribution >= 0.6 is 0 Å². The van der Waals surface area contributed by atoms with Crippen LogP contribution in [0.1, 0.15) is 51.2 Å². The van der Waals surface area contributed by atoms with Crippen LogP contribution in [0, 0.1) is 13.7 Å². The third kappa shape index (κ3) is 2.27. The first-order valence-electron chi connectivity index (χ1n) is 9.92. The molecule has 17 heavy (non-hydrogen) atoms. The molecule has 3 heteroatoms. The van der Waals surface area contributed by atoms with Gasteiger partial charge in [0.2, 0.25) is 0 Å². The van der Waals surface area contributed by atoms with E-state index in [4.69, 9.17) is 21.6 Å². The molecule has 1 fully saturated rings. The standard InChI is InChI=1S/C14H21BO2/c1-10-7-11(2)9-12(8-10)15-16-13(3,4)14(5,6)17-15/h7-9H,1-6H3/i1D3,2D3,7D,8D,9D. The Morgan fingerprint density at radius 3 is 1.88 bits per heavy atom. The molecule has 0 spiro atoms. The topological polar surface area (TPSA) is 18.5 Å². The van der Waals surface area contributed by atoms with Gasteiger partial charge < -0.3 is 9.31 Å². The lowest BCUT2D eigenvalue weighted by molar-refractivity contribution is 0.00578. The van der Waals surface area contributed by atoms with E-state index in [0.29, 0.717) is 0 Å². The summed E-state index contributed by atoms with van der Waals surface area (Å²) < 4.78 is 81.8. The number of rotatable bonds is 1. The zero-order valence-corrected chi connectivity index (χ0v) is 10.4. The van der Waals surface area contributed by atoms with E-state index in [1.165, 1.54) is 0 Å². The molecule has 92 valence electrons. The molecule has 0 unspecified atom stereocenters. The molecule has 0 saturated carbocycles. The van der Waals surface area contributed by atoms with Gasteiger partial charge in [-0.15, -0.1) is 0 Å². The number of benzene rings is 1. The van der Waals surface area contributed by atoms with Crippen LogP contribution in [0.15, 0.2) is 18.1 Å². The zero-order valence-electron chi connectivity index (χ0n) is 19.4. The van der Waals surface area contributed by atoms with Crippen LogP contribution in [0.5, 0.6) is 0 Å². The predicted molar refractivity (Wildman–Crippen MR) is 71.6 cm³/mol. The van der Waals surface area contributed by atoms with Gasteiger partial charge >= 0.3 is 7.12 Å². The maximum absolute atomic E-state index is 8.27. The van der Waals surface area contributed by atoms with Crippen LogP contribution in [0.25, 0.3) is 0 Å². The Bertz CT molecular complexity index is 680. The molecule has 0 N–H and O–H groups in total. The van der Waals surface area contributed by atoms with Crippen molar-refractivity contribution in [3.8, 4) is 0 Å². The van der Waals surface area contributed by atoms with Crippen molar-refractivity contribution in [1.82, 2.24) is 0 Å². The second-order valence-corrected chi connectivity index (χ2v) is 5.13.